The van der Waals surface area contributed by atoms with Gasteiger partial charge in [0.15, 0.2) is 0 Å². The van der Waals surface area contributed by atoms with Crippen molar-refractivity contribution in [3.05, 3.63) is 36.5 Å². The SMILES string of the molecule is CCCCC/C=C\C/C=C\CCCCCCCC(=O)OCCCCCCCCCCCCCC/C=C\CCCCCCCCCCCCCCCCC(=O)NC(CO)C(O)CCCCCCCCCCCCCCCC. The van der Waals surface area contributed by atoms with Crippen LogP contribution in [0.3, 0.4) is 0 Å². The molecular weight excluding hydrogens is 935 g/mol. The lowest BCUT2D eigenvalue weighted by molar-refractivity contribution is -0.143. The molecule has 0 aliphatic carbocycles. The Morgan fingerprint density at radius 2 is 0.658 bits per heavy atom. The van der Waals surface area contributed by atoms with E-state index in [0.29, 0.717) is 25.9 Å². The Kier molecular flexibility index (Phi) is 63.9. The minimum atomic E-state index is -0.663. The van der Waals surface area contributed by atoms with E-state index in [1.54, 1.807) is 0 Å². The molecule has 0 aliphatic rings. The van der Waals surface area contributed by atoms with Crippen molar-refractivity contribution in [3.8, 4) is 0 Å². The Labute approximate surface area is 474 Å². The van der Waals surface area contributed by atoms with Crippen LogP contribution >= 0.6 is 0 Å². The van der Waals surface area contributed by atoms with Crippen LogP contribution in [0.1, 0.15) is 373 Å². The summed E-state index contributed by atoms with van der Waals surface area (Å²) in [7, 11) is 0. The van der Waals surface area contributed by atoms with Crippen molar-refractivity contribution in [2.24, 2.45) is 0 Å². The Morgan fingerprint density at radius 3 is 1.04 bits per heavy atom. The molecule has 448 valence electrons. The first-order chi connectivity index (χ1) is 37.5. The monoisotopic (exact) mass is 1070 g/mol. The van der Waals surface area contributed by atoms with E-state index in [1.807, 2.05) is 0 Å². The predicted octanol–water partition coefficient (Wildman–Crippen LogP) is 21.9. The summed E-state index contributed by atoms with van der Waals surface area (Å²) in [5.74, 6) is -0.0284. The van der Waals surface area contributed by atoms with Gasteiger partial charge in [0.25, 0.3) is 0 Å². The summed E-state index contributed by atoms with van der Waals surface area (Å²) in [4.78, 5) is 24.6. The molecule has 6 nitrogen and oxygen atoms in total. The summed E-state index contributed by atoms with van der Waals surface area (Å²) in [5.41, 5.74) is 0. The van der Waals surface area contributed by atoms with Crippen LogP contribution in [-0.4, -0.2) is 47.4 Å². The zero-order valence-corrected chi connectivity index (χ0v) is 51.3. The number of esters is 1. The lowest BCUT2D eigenvalue weighted by Crippen LogP contribution is -2.45. The van der Waals surface area contributed by atoms with Gasteiger partial charge in [0.2, 0.25) is 5.91 Å². The van der Waals surface area contributed by atoms with Crippen molar-refractivity contribution in [3.63, 3.8) is 0 Å². The van der Waals surface area contributed by atoms with Gasteiger partial charge in [-0.05, 0) is 83.5 Å². The molecule has 1 amide bonds. The standard InChI is InChI=1S/C70H133NO5/c1-3-5-7-9-11-13-15-17-35-40-44-48-52-56-60-64-70(75)76-65-61-57-53-49-45-41-37-34-32-30-28-26-24-22-20-19-21-23-25-27-29-31-33-36-39-43-47-51-55-59-63-69(74)71-67(66-72)68(73)62-58-54-50-46-42-38-18-16-14-12-10-8-6-4-2/h11,13,17,20,22,35,67-68,72-73H,3-10,12,14-16,18-19,21,23-34,36-66H2,1-2H3,(H,71,74)/b13-11-,22-20-,35-17-. The summed E-state index contributed by atoms with van der Waals surface area (Å²) in [5, 5.41) is 23.3. The van der Waals surface area contributed by atoms with Crippen LogP contribution in [0.4, 0.5) is 0 Å². The van der Waals surface area contributed by atoms with Gasteiger partial charge in [0, 0.05) is 12.8 Å². The lowest BCUT2D eigenvalue weighted by Gasteiger charge is -2.22. The summed E-state index contributed by atoms with van der Waals surface area (Å²) < 4.78 is 5.48. The minimum Gasteiger partial charge on any atom is -0.466 e. The molecule has 0 heterocycles. The number of hydrogen-bond donors (Lipinski definition) is 3. The van der Waals surface area contributed by atoms with Crippen LogP contribution in [0.15, 0.2) is 36.5 Å². The zero-order chi connectivity index (χ0) is 55.0. The van der Waals surface area contributed by atoms with Gasteiger partial charge >= 0.3 is 5.97 Å². The quantitative estimate of drug-likeness (QED) is 0.0320. The number of ether oxygens (including phenoxy) is 1. The maximum absolute atomic E-state index is 12.5. The highest BCUT2D eigenvalue weighted by atomic mass is 16.5. The molecule has 2 unspecified atom stereocenters. The summed E-state index contributed by atoms with van der Waals surface area (Å²) in [6.45, 7) is 4.94. The molecule has 0 spiro atoms. The first-order valence-corrected chi connectivity index (χ1v) is 34.2. The average Bonchev–Trinajstić information content (AvgIpc) is 3.42. The minimum absolute atomic E-state index is 0.00329. The first kappa shape index (κ1) is 74.1. The number of carbonyl (C=O) groups is 2. The highest BCUT2D eigenvalue weighted by Crippen LogP contribution is 2.18. The highest BCUT2D eigenvalue weighted by molar-refractivity contribution is 5.76. The van der Waals surface area contributed by atoms with Gasteiger partial charge in [-0.15, -0.1) is 0 Å². The molecule has 0 aromatic carbocycles. The van der Waals surface area contributed by atoms with Crippen molar-refractivity contribution in [2.75, 3.05) is 13.2 Å². The summed E-state index contributed by atoms with van der Waals surface area (Å²) in [6.07, 6.45) is 83.3. The summed E-state index contributed by atoms with van der Waals surface area (Å²) >= 11 is 0. The molecule has 0 saturated carbocycles. The molecule has 6 heteroatoms. The third kappa shape index (κ3) is 61.3. The van der Waals surface area contributed by atoms with Crippen LogP contribution in [0.2, 0.25) is 0 Å². The molecule has 0 aromatic rings. The van der Waals surface area contributed by atoms with E-state index in [9.17, 15) is 19.8 Å². The van der Waals surface area contributed by atoms with Crippen molar-refractivity contribution >= 4 is 11.9 Å². The number of hydrogen-bond acceptors (Lipinski definition) is 5. The second-order valence-electron chi connectivity index (χ2n) is 23.5. The largest absolute Gasteiger partial charge is 0.466 e. The van der Waals surface area contributed by atoms with Gasteiger partial charge in [-0.3, -0.25) is 9.59 Å². The molecule has 0 aliphatic heterocycles. The third-order valence-corrected chi connectivity index (χ3v) is 15.9. The van der Waals surface area contributed by atoms with Crippen molar-refractivity contribution in [1.29, 1.82) is 0 Å². The third-order valence-electron chi connectivity index (χ3n) is 15.9. The molecule has 3 N–H and O–H groups in total. The Balaban J connectivity index is 3.36. The van der Waals surface area contributed by atoms with E-state index in [0.717, 1.165) is 51.4 Å². The van der Waals surface area contributed by atoms with Crippen LogP contribution in [0.25, 0.3) is 0 Å². The molecule has 0 saturated heterocycles. The number of nitrogens with one attached hydrogen (secondary N) is 1. The van der Waals surface area contributed by atoms with E-state index in [2.05, 4.69) is 55.6 Å². The van der Waals surface area contributed by atoms with Gasteiger partial charge in [0.05, 0.1) is 25.4 Å². The van der Waals surface area contributed by atoms with Crippen LogP contribution < -0.4 is 5.32 Å². The fourth-order valence-corrected chi connectivity index (χ4v) is 10.7. The Morgan fingerprint density at radius 1 is 0.368 bits per heavy atom. The fourth-order valence-electron chi connectivity index (χ4n) is 10.7. The van der Waals surface area contributed by atoms with Crippen molar-refractivity contribution in [1.82, 2.24) is 5.32 Å². The van der Waals surface area contributed by atoms with Gasteiger partial charge < -0.3 is 20.3 Å². The van der Waals surface area contributed by atoms with E-state index in [-0.39, 0.29) is 18.5 Å². The molecule has 0 fully saturated rings. The molecule has 2 atom stereocenters. The number of carbonyl (C=O) groups excluding carboxylic acids is 2. The number of rotatable bonds is 64. The average molecular weight is 1070 g/mol. The van der Waals surface area contributed by atoms with Crippen molar-refractivity contribution in [2.45, 2.75) is 386 Å². The molecule has 0 radical (unpaired) electrons. The van der Waals surface area contributed by atoms with Crippen molar-refractivity contribution < 1.29 is 24.5 Å². The first-order valence-electron chi connectivity index (χ1n) is 34.2. The molecule has 0 aromatic heterocycles. The molecular formula is C70H133NO5. The number of aliphatic hydroxyl groups is 2. The van der Waals surface area contributed by atoms with Gasteiger partial charge in [-0.1, -0.05) is 314 Å². The number of aliphatic hydroxyl groups excluding tert-OH is 2. The maximum Gasteiger partial charge on any atom is 0.305 e. The van der Waals surface area contributed by atoms with E-state index in [4.69, 9.17) is 4.74 Å². The number of amides is 1. The predicted molar refractivity (Wildman–Crippen MR) is 333 cm³/mol. The Bertz CT molecular complexity index is 1230. The normalized spacial score (nSPS) is 12.7. The molecule has 0 rings (SSSR count). The van der Waals surface area contributed by atoms with E-state index < -0.39 is 12.1 Å². The highest BCUT2D eigenvalue weighted by Gasteiger charge is 2.20. The number of allylic oxidation sites excluding steroid dienone is 6. The lowest BCUT2D eigenvalue weighted by atomic mass is 10.0. The van der Waals surface area contributed by atoms with Crippen LogP contribution in [0, 0.1) is 0 Å². The van der Waals surface area contributed by atoms with Crippen LogP contribution in [0.5, 0.6) is 0 Å². The molecule has 0 bridgehead atoms. The zero-order valence-electron chi connectivity index (χ0n) is 51.3. The summed E-state index contributed by atoms with van der Waals surface area (Å²) in [6, 6.07) is -0.540. The number of unbranched alkanes of at least 4 members (excludes halogenated alkanes) is 47. The van der Waals surface area contributed by atoms with Gasteiger partial charge in [0.1, 0.15) is 0 Å². The fraction of sp³-hybridized carbons (Fsp3) is 0.886. The second kappa shape index (κ2) is 65.6. The smallest absolute Gasteiger partial charge is 0.305 e. The Hall–Kier alpha value is -1.92. The van der Waals surface area contributed by atoms with Gasteiger partial charge in [-0.25, -0.2) is 0 Å². The van der Waals surface area contributed by atoms with Gasteiger partial charge in [-0.2, -0.15) is 0 Å². The topological polar surface area (TPSA) is 95.9 Å². The van der Waals surface area contributed by atoms with E-state index >= 15 is 0 Å². The van der Waals surface area contributed by atoms with Crippen LogP contribution in [-0.2, 0) is 14.3 Å². The van der Waals surface area contributed by atoms with E-state index in [1.165, 1.54) is 289 Å². The molecule has 76 heavy (non-hydrogen) atoms. The maximum atomic E-state index is 12.5. The second-order valence-corrected chi connectivity index (χ2v) is 23.5.